The number of sulfonamides is 1. The van der Waals surface area contributed by atoms with Gasteiger partial charge in [-0.05, 0) is 40.2 Å². The molecule has 2 aromatic carbocycles. The van der Waals surface area contributed by atoms with Crippen LogP contribution in [0.2, 0.25) is 0 Å². The first kappa shape index (κ1) is 15.0. The minimum Gasteiger partial charge on any atom is -0.508 e. The average Bonchev–Trinajstić information content (AvgIpc) is 2.37. The highest BCUT2D eigenvalue weighted by atomic mass is 79.9. The number of hydrogen-bond acceptors (Lipinski definition) is 3. The number of aromatic hydroxyl groups is 1. The van der Waals surface area contributed by atoms with Crippen molar-refractivity contribution >= 4 is 26.0 Å². The molecule has 0 amide bonds. The van der Waals surface area contributed by atoms with E-state index in [0.29, 0.717) is 5.56 Å². The molecule has 7 heteroatoms. The number of rotatable bonds is 4. The molecule has 0 aliphatic carbocycles. The monoisotopic (exact) mass is 359 g/mol. The fourth-order valence-electron chi connectivity index (χ4n) is 1.60. The molecule has 0 unspecified atom stereocenters. The Morgan fingerprint density at radius 3 is 2.55 bits per heavy atom. The molecule has 0 aliphatic heterocycles. The fourth-order valence-corrected chi connectivity index (χ4v) is 3.66. The summed E-state index contributed by atoms with van der Waals surface area (Å²) in [6.45, 7) is -0.0567. The molecule has 0 fully saturated rings. The molecular formula is C13H11BrFNO3S. The molecule has 0 bridgehead atoms. The van der Waals surface area contributed by atoms with Crippen LogP contribution in [0.25, 0.3) is 0 Å². The van der Waals surface area contributed by atoms with Crippen LogP contribution in [0.5, 0.6) is 5.75 Å². The Hall–Kier alpha value is -1.44. The van der Waals surface area contributed by atoms with E-state index in [2.05, 4.69) is 20.7 Å². The lowest BCUT2D eigenvalue weighted by atomic mass is 10.2. The zero-order valence-electron chi connectivity index (χ0n) is 10.2. The molecule has 0 radical (unpaired) electrons. The van der Waals surface area contributed by atoms with Crippen molar-refractivity contribution in [3.05, 3.63) is 58.3 Å². The number of phenols is 1. The van der Waals surface area contributed by atoms with Crippen LogP contribution in [-0.4, -0.2) is 13.5 Å². The summed E-state index contributed by atoms with van der Waals surface area (Å²) >= 11 is 3.02. The van der Waals surface area contributed by atoms with Gasteiger partial charge in [-0.3, -0.25) is 0 Å². The van der Waals surface area contributed by atoms with Gasteiger partial charge in [-0.15, -0.1) is 0 Å². The Bertz CT molecular complexity index is 734. The quantitative estimate of drug-likeness (QED) is 0.881. The minimum atomic E-state index is -3.80. The molecule has 0 atom stereocenters. The standard InChI is InChI=1S/C13H11BrFNO3S/c14-11-7-10(15)5-6-13(11)20(18,19)16-8-9-3-1-2-4-12(9)17/h1-7,16-17H,8H2. The van der Waals surface area contributed by atoms with Crippen molar-refractivity contribution < 1.29 is 17.9 Å². The predicted molar refractivity (Wildman–Crippen MR) is 76.2 cm³/mol. The van der Waals surface area contributed by atoms with E-state index in [-0.39, 0.29) is 21.7 Å². The van der Waals surface area contributed by atoms with Crippen LogP contribution < -0.4 is 4.72 Å². The SMILES string of the molecule is O=S(=O)(NCc1ccccc1O)c1ccc(F)cc1Br. The van der Waals surface area contributed by atoms with Gasteiger partial charge in [0.2, 0.25) is 10.0 Å². The first-order valence-electron chi connectivity index (χ1n) is 5.62. The molecule has 2 rings (SSSR count). The summed E-state index contributed by atoms with van der Waals surface area (Å²) in [7, 11) is -3.80. The van der Waals surface area contributed by atoms with Crippen LogP contribution in [-0.2, 0) is 16.6 Å². The van der Waals surface area contributed by atoms with Gasteiger partial charge in [0.15, 0.2) is 0 Å². The Labute approximate surface area is 124 Å². The highest BCUT2D eigenvalue weighted by molar-refractivity contribution is 9.10. The van der Waals surface area contributed by atoms with Crippen LogP contribution in [0.1, 0.15) is 5.56 Å². The molecule has 0 aliphatic rings. The number of hydrogen-bond donors (Lipinski definition) is 2. The third kappa shape index (κ3) is 3.36. The number of halogens is 2. The molecule has 20 heavy (non-hydrogen) atoms. The van der Waals surface area contributed by atoms with Gasteiger partial charge in [0, 0.05) is 16.6 Å². The van der Waals surface area contributed by atoms with Gasteiger partial charge < -0.3 is 5.11 Å². The summed E-state index contributed by atoms with van der Waals surface area (Å²) in [4.78, 5) is -0.0608. The molecule has 0 spiro atoms. The summed E-state index contributed by atoms with van der Waals surface area (Å²) in [5.74, 6) is -0.523. The zero-order valence-corrected chi connectivity index (χ0v) is 12.6. The number of nitrogens with one attached hydrogen (secondary N) is 1. The Morgan fingerprint density at radius 1 is 1.20 bits per heavy atom. The zero-order chi connectivity index (χ0) is 14.8. The molecule has 2 N–H and O–H groups in total. The summed E-state index contributed by atoms with van der Waals surface area (Å²) in [5.41, 5.74) is 0.453. The third-order valence-corrected chi connectivity index (χ3v) is 5.01. The lowest BCUT2D eigenvalue weighted by molar-refractivity contribution is 0.467. The largest absolute Gasteiger partial charge is 0.508 e. The molecule has 0 aromatic heterocycles. The summed E-state index contributed by atoms with van der Waals surface area (Å²) in [6, 6.07) is 9.73. The summed E-state index contributed by atoms with van der Waals surface area (Å²) < 4.78 is 39.7. The van der Waals surface area contributed by atoms with Crippen molar-refractivity contribution in [2.75, 3.05) is 0 Å². The molecule has 0 saturated carbocycles. The molecule has 4 nitrogen and oxygen atoms in total. The highest BCUT2D eigenvalue weighted by Gasteiger charge is 2.18. The molecular weight excluding hydrogens is 349 g/mol. The van der Waals surface area contributed by atoms with Gasteiger partial charge in [0.1, 0.15) is 11.6 Å². The Morgan fingerprint density at radius 2 is 1.90 bits per heavy atom. The lowest BCUT2D eigenvalue weighted by Gasteiger charge is -2.09. The maximum Gasteiger partial charge on any atom is 0.241 e. The average molecular weight is 360 g/mol. The van der Waals surface area contributed by atoms with Gasteiger partial charge in [-0.1, -0.05) is 18.2 Å². The second kappa shape index (κ2) is 5.90. The van der Waals surface area contributed by atoms with Crippen molar-refractivity contribution in [1.29, 1.82) is 0 Å². The first-order chi connectivity index (χ1) is 9.40. The van der Waals surface area contributed by atoms with E-state index in [1.54, 1.807) is 18.2 Å². The van der Waals surface area contributed by atoms with Crippen LogP contribution in [0.15, 0.2) is 51.8 Å². The van der Waals surface area contributed by atoms with Gasteiger partial charge in [0.05, 0.1) is 4.90 Å². The Kier molecular flexibility index (Phi) is 4.42. The molecule has 2 aromatic rings. The van der Waals surface area contributed by atoms with Crippen LogP contribution in [0, 0.1) is 5.82 Å². The van der Waals surface area contributed by atoms with Gasteiger partial charge >= 0.3 is 0 Å². The number of benzene rings is 2. The van der Waals surface area contributed by atoms with E-state index in [1.807, 2.05) is 0 Å². The van der Waals surface area contributed by atoms with E-state index >= 15 is 0 Å². The summed E-state index contributed by atoms with van der Waals surface area (Å²) in [5, 5.41) is 9.58. The Balaban J connectivity index is 2.22. The fraction of sp³-hybridized carbons (Fsp3) is 0.0769. The maximum atomic E-state index is 13.0. The molecule has 0 heterocycles. The van der Waals surface area contributed by atoms with E-state index in [0.717, 1.165) is 12.1 Å². The normalized spacial score (nSPS) is 11.5. The van der Waals surface area contributed by atoms with Gasteiger partial charge in [0.25, 0.3) is 0 Å². The first-order valence-corrected chi connectivity index (χ1v) is 7.89. The highest BCUT2D eigenvalue weighted by Crippen LogP contribution is 2.23. The van der Waals surface area contributed by atoms with Crippen molar-refractivity contribution in [1.82, 2.24) is 4.72 Å². The van der Waals surface area contributed by atoms with Crippen molar-refractivity contribution in [3.63, 3.8) is 0 Å². The second-order valence-corrected chi connectivity index (χ2v) is 6.62. The van der Waals surface area contributed by atoms with Gasteiger partial charge in [-0.25, -0.2) is 17.5 Å². The lowest BCUT2D eigenvalue weighted by Crippen LogP contribution is -2.23. The smallest absolute Gasteiger partial charge is 0.241 e. The molecule has 106 valence electrons. The third-order valence-electron chi connectivity index (χ3n) is 2.63. The van der Waals surface area contributed by atoms with Gasteiger partial charge in [-0.2, -0.15) is 0 Å². The van der Waals surface area contributed by atoms with Crippen molar-refractivity contribution in [2.45, 2.75) is 11.4 Å². The maximum absolute atomic E-state index is 13.0. The minimum absolute atomic E-state index is 0.00775. The number of phenolic OH excluding ortho intramolecular Hbond substituents is 1. The van der Waals surface area contributed by atoms with E-state index in [4.69, 9.17) is 0 Å². The number of para-hydroxylation sites is 1. The van der Waals surface area contributed by atoms with E-state index in [9.17, 15) is 17.9 Å². The van der Waals surface area contributed by atoms with E-state index in [1.165, 1.54) is 12.1 Å². The van der Waals surface area contributed by atoms with E-state index < -0.39 is 15.8 Å². The predicted octanol–water partition coefficient (Wildman–Crippen LogP) is 2.77. The van der Waals surface area contributed by atoms with Crippen LogP contribution in [0.3, 0.4) is 0 Å². The van der Waals surface area contributed by atoms with Crippen molar-refractivity contribution in [2.24, 2.45) is 0 Å². The van der Waals surface area contributed by atoms with Crippen LogP contribution in [0.4, 0.5) is 4.39 Å². The second-order valence-electron chi connectivity index (χ2n) is 4.03. The topological polar surface area (TPSA) is 66.4 Å². The van der Waals surface area contributed by atoms with Crippen molar-refractivity contribution in [3.8, 4) is 5.75 Å². The van der Waals surface area contributed by atoms with Crippen LogP contribution >= 0.6 is 15.9 Å². The summed E-state index contributed by atoms with van der Waals surface area (Å²) in [6.07, 6.45) is 0. The molecule has 0 saturated heterocycles.